The third-order valence-electron chi connectivity index (χ3n) is 5.53. The number of hydrogen-bond acceptors (Lipinski definition) is 2. The Morgan fingerprint density at radius 1 is 1.23 bits per heavy atom. The first kappa shape index (κ1) is 17.4. The van der Waals surface area contributed by atoms with E-state index >= 15 is 0 Å². The number of amides is 1. The van der Waals surface area contributed by atoms with Crippen LogP contribution in [0.2, 0.25) is 10.0 Å². The van der Waals surface area contributed by atoms with Crippen LogP contribution in [0.3, 0.4) is 0 Å². The minimum Gasteiger partial charge on any atom is -0.477 e. The Labute approximate surface area is 160 Å². The third-order valence-corrected chi connectivity index (χ3v) is 6.05. The molecule has 2 aliphatic rings. The molecule has 0 radical (unpaired) electrons. The van der Waals surface area contributed by atoms with E-state index in [1.165, 1.54) is 31.4 Å². The highest BCUT2D eigenvalue weighted by atomic mass is 35.5. The van der Waals surface area contributed by atoms with Gasteiger partial charge in [-0.3, -0.25) is 4.79 Å². The predicted molar refractivity (Wildman–Crippen MR) is 102 cm³/mol. The summed E-state index contributed by atoms with van der Waals surface area (Å²) in [7, 11) is 0. The van der Waals surface area contributed by atoms with Gasteiger partial charge >= 0.3 is 5.97 Å². The number of rotatable bonds is 4. The Morgan fingerprint density at radius 3 is 2.69 bits per heavy atom. The van der Waals surface area contributed by atoms with Crippen molar-refractivity contribution in [3.8, 4) is 0 Å². The lowest BCUT2D eigenvalue weighted by atomic mass is 9.95. The zero-order valence-electron chi connectivity index (χ0n) is 13.9. The topological polar surface area (TPSA) is 82.2 Å². The van der Waals surface area contributed by atoms with Gasteiger partial charge in [-0.2, -0.15) is 0 Å². The molecule has 1 amide bonds. The molecule has 26 heavy (non-hydrogen) atoms. The molecule has 5 nitrogen and oxygen atoms in total. The summed E-state index contributed by atoms with van der Waals surface area (Å²) < 4.78 is 0. The second-order valence-electron chi connectivity index (χ2n) is 7.15. The fourth-order valence-corrected chi connectivity index (χ4v) is 5.01. The smallest absolute Gasteiger partial charge is 0.352 e. The van der Waals surface area contributed by atoms with Crippen LogP contribution in [-0.4, -0.2) is 28.0 Å². The molecule has 2 saturated carbocycles. The second-order valence-corrected chi connectivity index (χ2v) is 8.00. The van der Waals surface area contributed by atoms with Gasteiger partial charge in [-0.15, -0.1) is 0 Å². The Morgan fingerprint density at radius 2 is 2.04 bits per heavy atom. The maximum absolute atomic E-state index is 12.3. The van der Waals surface area contributed by atoms with E-state index in [0.717, 1.165) is 12.3 Å². The first-order chi connectivity index (χ1) is 12.4. The lowest BCUT2D eigenvalue weighted by molar-refractivity contribution is -0.117. The SMILES string of the molecule is O=C(C=Cc1c(C(=O)O)[nH]c2cc(Cl)cc(Cl)c12)NC1CC2CCC1C2. The average molecular weight is 393 g/mol. The van der Waals surface area contributed by atoms with Crippen molar-refractivity contribution in [2.24, 2.45) is 11.8 Å². The minimum absolute atomic E-state index is 0.0202. The van der Waals surface area contributed by atoms with Crippen molar-refractivity contribution in [2.75, 3.05) is 0 Å². The summed E-state index contributed by atoms with van der Waals surface area (Å²) in [5.41, 5.74) is 0.874. The summed E-state index contributed by atoms with van der Waals surface area (Å²) in [5.74, 6) is -0.0125. The standard InChI is InChI=1S/C19H18Cl2N2O3/c20-11-7-13(21)17-12(18(19(25)26)23-15(17)8-11)3-4-16(24)22-14-6-9-1-2-10(14)5-9/h3-4,7-10,14,23H,1-2,5-6H2,(H,22,24)(H,25,26). The van der Waals surface area contributed by atoms with Crippen LogP contribution < -0.4 is 5.32 Å². The number of benzene rings is 1. The zero-order valence-corrected chi connectivity index (χ0v) is 15.4. The predicted octanol–water partition coefficient (Wildman–Crippen LogP) is 4.49. The minimum atomic E-state index is -1.12. The van der Waals surface area contributed by atoms with Crippen LogP contribution >= 0.6 is 23.2 Å². The quantitative estimate of drug-likeness (QED) is 0.670. The molecule has 4 rings (SSSR count). The van der Waals surface area contributed by atoms with E-state index in [9.17, 15) is 14.7 Å². The number of H-pyrrole nitrogens is 1. The van der Waals surface area contributed by atoms with Crippen molar-refractivity contribution < 1.29 is 14.7 Å². The number of aromatic nitrogens is 1. The lowest BCUT2D eigenvalue weighted by Gasteiger charge is -2.22. The molecule has 2 aliphatic carbocycles. The summed E-state index contributed by atoms with van der Waals surface area (Å²) >= 11 is 12.2. The van der Waals surface area contributed by atoms with Crippen LogP contribution in [0.15, 0.2) is 18.2 Å². The van der Waals surface area contributed by atoms with Crippen LogP contribution in [0.1, 0.15) is 41.7 Å². The maximum atomic E-state index is 12.3. The first-order valence-electron chi connectivity index (χ1n) is 8.65. The van der Waals surface area contributed by atoms with E-state index in [4.69, 9.17) is 23.2 Å². The molecule has 0 aliphatic heterocycles. The molecule has 1 aromatic carbocycles. The van der Waals surface area contributed by atoms with Crippen LogP contribution in [0.25, 0.3) is 17.0 Å². The number of carboxylic acid groups (broad SMARTS) is 1. The number of nitrogens with one attached hydrogen (secondary N) is 2. The molecule has 1 aromatic heterocycles. The van der Waals surface area contributed by atoms with Gasteiger partial charge in [-0.25, -0.2) is 4.79 Å². The number of hydrogen-bond donors (Lipinski definition) is 3. The summed E-state index contributed by atoms with van der Waals surface area (Å²) in [5, 5.41) is 13.8. The van der Waals surface area contributed by atoms with Gasteiger partial charge in [0, 0.05) is 33.6 Å². The average Bonchev–Trinajstić information content (AvgIpc) is 3.26. The summed E-state index contributed by atoms with van der Waals surface area (Å²) in [6.45, 7) is 0. The van der Waals surface area contributed by atoms with E-state index in [1.807, 2.05) is 0 Å². The molecule has 2 fully saturated rings. The number of fused-ring (bicyclic) bond motifs is 3. The molecule has 2 aromatic rings. The fraction of sp³-hybridized carbons (Fsp3) is 0.368. The van der Waals surface area contributed by atoms with Gasteiger partial charge < -0.3 is 15.4 Å². The zero-order chi connectivity index (χ0) is 18.4. The van der Waals surface area contributed by atoms with Gasteiger partial charge in [0.15, 0.2) is 0 Å². The lowest BCUT2D eigenvalue weighted by Crippen LogP contribution is -2.37. The van der Waals surface area contributed by atoms with Crippen molar-refractivity contribution in [3.63, 3.8) is 0 Å². The molecular formula is C19H18Cl2N2O3. The van der Waals surface area contributed by atoms with Gasteiger partial charge in [0.25, 0.3) is 0 Å². The fourth-order valence-electron chi connectivity index (χ4n) is 4.42. The number of halogens is 2. The Bertz CT molecular complexity index is 934. The van der Waals surface area contributed by atoms with Crippen molar-refractivity contribution in [2.45, 2.75) is 31.7 Å². The molecule has 1 heterocycles. The molecule has 7 heteroatoms. The molecule has 3 N–H and O–H groups in total. The molecule has 136 valence electrons. The van der Waals surface area contributed by atoms with Gasteiger partial charge in [0.1, 0.15) is 5.69 Å². The van der Waals surface area contributed by atoms with Crippen LogP contribution in [0, 0.1) is 11.8 Å². The number of carboxylic acids is 1. The molecule has 3 atom stereocenters. The highest BCUT2D eigenvalue weighted by Crippen LogP contribution is 2.44. The first-order valence-corrected chi connectivity index (χ1v) is 9.40. The van der Waals surface area contributed by atoms with Crippen molar-refractivity contribution in [1.82, 2.24) is 10.3 Å². The number of aromatic carboxylic acids is 1. The number of carbonyl (C=O) groups is 2. The Kier molecular flexibility index (Phi) is 4.45. The Balaban J connectivity index is 1.61. The maximum Gasteiger partial charge on any atom is 0.352 e. The third kappa shape index (κ3) is 3.10. The van der Waals surface area contributed by atoms with E-state index in [1.54, 1.807) is 12.1 Å². The molecule has 0 spiro atoms. The van der Waals surface area contributed by atoms with Crippen molar-refractivity contribution in [3.05, 3.63) is 39.5 Å². The number of aromatic amines is 1. The van der Waals surface area contributed by atoms with E-state index < -0.39 is 5.97 Å². The van der Waals surface area contributed by atoms with Gasteiger partial charge in [0.2, 0.25) is 5.91 Å². The van der Waals surface area contributed by atoms with E-state index in [2.05, 4.69) is 10.3 Å². The monoisotopic (exact) mass is 392 g/mol. The second kappa shape index (κ2) is 6.63. The van der Waals surface area contributed by atoms with E-state index in [-0.39, 0.29) is 17.6 Å². The number of carbonyl (C=O) groups excluding carboxylic acids is 1. The summed E-state index contributed by atoms with van der Waals surface area (Å²) in [4.78, 5) is 26.7. The highest BCUT2D eigenvalue weighted by Gasteiger charge is 2.39. The summed E-state index contributed by atoms with van der Waals surface area (Å²) in [6.07, 6.45) is 7.59. The molecule has 3 unspecified atom stereocenters. The normalized spacial score (nSPS) is 24.6. The Hall–Kier alpha value is -1.98. The van der Waals surface area contributed by atoms with Crippen LogP contribution in [0.5, 0.6) is 0 Å². The van der Waals surface area contributed by atoms with E-state index in [0.29, 0.717) is 32.4 Å². The van der Waals surface area contributed by atoms with Crippen LogP contribution in [0.4, 0.5) is 0 Å². The molecule has 2 bridgehead atoms. The van der Waals surface area contributed by atoms with Crippen molar-refractivity contribution in [1.29, 1.82) is 0 Å². The molecule has 0 saturated heterocycles. The molecular weight excluding hydrogens is 375 g/mol. The van der Waals surface area contributed by atoms with Crippen molar-refractivity contribution >= 4 is 52.1 Å². The van der Waals surface area contributed by atoms with Gasteiger partial charge in [-0.1, -0.05) is 29.6 Å². The van der Waals surface area contributed by atoms with Gasteiger partial charge in [-0.05, 0) is 49.3 Å². The largest absolute Gasteiger partial charge is 0.477 e. The van der Waals surface area contributed by atoms with Gasteiger partial charge in [0.05, 0.1) is 5.02 Å². The summed E-state index contributed by atoms with van der Waals surface area (Å²) in [6, 6.07) is 3.40. The van der Waals surface area contributed by atoms with Crippen LogP contribution in [-0.2, 0) is 4.79 Å². The highest BCUT2D eigenvalue weighted by molar-refractivity contribution is 6.39.